The van der Waals surface area contributed by atoms with Crippen LogP contribution >= 0.6 is 7.82 Å². The Kier molecular flexibility index (Phi) is 35.5. The van der Waals surface area contributed by atoms with Gasteiger partial charge in [0.25, 0.3) is 7.82 Å². The Hall–Kier alpha value is -1.25. The van der Waals surface area contributed by atoms with Crippen LogP contribution in [0.2, 0.25) is 0 Å². The van der Waals surface area contributed by atoms with Gasteiger partial charge in [-0.1, -0.05) is 167 Å². The zero-order chi connectivity index (χ0) is 39.3. The number of hydrogen-bond acceptors (Lipinski definition) is 8. The van der Waals surface area contributed by atoms with E-state index in [1.165, 1.54) is 135 Å². The number of carbonyl (C=O) groups is 2. The maximum Gasteiger partial charge on any atom is 0.306 e. The normalized spacial score (nSPS) is 13.7. The molecule has 0 aromatic heterocycles. The van der Waals surface area contributed by atoms with Gasteiger partial charge in [-0.05, 0) is 32.1 Å². The van der Waals surface area contributed by atoms with Crippen molar-refractivity contribution in [1.29, 1.82) is 0 Å². The van der Waals surface area contributed by atoms with Gasteiger partial charge in [0.05, 0.1) is 27.7 Å². The summed E-state index contributed by atoms with van der Waals surface area (Å²) in [6.07, 6.45) is 36.5. The van der Waals surface area contributed by atoms with E-state index in [0.717, 1.165) is 32.1 Å². The first kappa shape index (κ1) is 51.8. The largest absolute Gasteiger partial charge is 0.756 e. The van der Waals surface area contributed by atoms with E-state index in [0.29, 0.717) is 17.4 Å². The van der Waals surface area contributed by atoms with Gasteiger partial charge in [0.2, 0.25) is 0 Å². The molecule has 0 aromatic carbocycles. The van der Waals surface area contributed by atoms with Crippen LogP contribution < -0.4 is 4.89 Å². The number of phosphoric acid groups is 1. The van der Waals surface area contributed by atoms with Gasteiger partial charge < -0.3 is 27.9 Å². The van der Waals surface area contributed by atoms with E-state index in [9.17, 15) is 19.0 Å². The third-order valence-electron chi connectivity index (χ3n) is 9.54. The fourth-order valence-electron chi connectivity index (χ4n) is 6.05. The van der Waals surface area contributed by atoms with Crippen LogP contribution in [0.1, 0.15) is 200 Å². The molecule has 9 nitrogen and oxygen atoms in total. The zero-order valence-corrected chi connectivity index (χ0v) is 36.1. The first-order valence-corrected chi connectivity index (χ1v) is 23.4. The number of carbonyl (C=O) groups excluding carboxylic acids is 2. The van der Waals surface area contributed by atoms with E-state index >= 15 is 0 Å². The van der Waals surface area contributed by atoms with Crippen LogP contribution in [0.5, 0.6) is 0 Å². The van der Waals surface area contributed by atoms with Gasteiger partial charge in [0, 0.05) is 12.8 Å². The van der Waals surface area contributed by atoms with Crippen LogP contribution in [0, 0.1) is 0 Å². The van der Waals surface area contributed by atoms with E-state index in [-0.39, 0.29) is 32.0 Å². The average Bonchev–Trinajstić information content (AvgIpc) is 3.10. The average molecular weight is 774 g/mol. The maximum atomic E-state index is 12.7. The van der Waals surface area contributed by atoms with Crippen molar-refractivity contribution in [3.05, 3.63) is 12.2 Å². The molecule has 0 N–H and O–H groups in total. The van der Waals surface area contributed by atoms with Crippen molar-refractivity contribution in [3.8, 4) is 0 Å². The van der Waals surface area contributed by atoms with Gasteiger partial charge in [-0.15, -0.1) is 0 Å². The first-order valence-electron chi connectivity index (χ1n) is 21.9. The molecule has 0 aliphatic carbocycles. The lowest BCUT2D eigenvalue weighted by Gasteiger charge is -2.28. The van der Waals surface area contributed by atoms with Crippen LogP contribution in [-0.2, 0) is 32.7 Å². The highest BCUT2D eigenvalue weighted by molar-refractivity contribution is 7.45. The number of ether oxygens (including phenoxy) is 2. The molecule has 2 atom stereocenters. The second-order valence-corrected chi connectivity index (χ2v) is 17.5. The standard InChI is InChI=1S/C43H84NO8P/c1-6-8-10-12-14-16-18-20-22-24-25-27-29-31-33-35-42(45)49-39-41(40-51-53(47,48)50-38-37-44(3,4)5)52-43(46)36-34-32-30-28-26-23-21-19-17-15-13-11-9-7-2/h12,14,41H,6-11,13,15-40H2,1-5H3/b14-12+/t41-/m1/s1. The summed E-state index contributed by atoms with van der Waals surface area (Å²) in [4.78, 5) is 37.5. The molecule has 0 aliphatic rings. The minimum atomic E-state index is -4.62. The summed E-state index contributed by atoms with van der Waals surface area (Å²) in [5, 5.41) is 0. The summed E-state index contributed by atoms with van der Waals surface area (Å²) in [5.41, 5.74) is 0. The van der Waals surface area contributed by atoms with Gasteiger partial charge in [-0.2, -0.15) is 0 Å². The predicted octanol–water partition coefficient (Wildman–Crippen LogP) is 11.6. The fraction of sp³-hybridized carbons (Fsp3) is 0.907. The summed E-state index contributed by atoms with van der Waals surface area (Å²) in [6.45, 7) is 4.21. The predicted molar refractivity (Wildman–Crippen MR) is 218 cm³/mol. The molecule has 1 unspecified atom stereocenters. The van der Waals surface area contributed by atoms with E-state index in [2.05, 4.69) is 26.0 Å². The third-order valence-corrected chi connectivity index (χ3v) is 10.5. The van der Waals surface area contributed by atoms with Crippen LogP contribution in [0.15, 0.2) is 12.2 Å². The molecule has 0 amide bonds. The summed E-state index contributed by atoms with van der Waals surface area (Å²) in [5.74, 6) is -0.828. The molecule has 0 saturated heterocycles. The Labute approximate surface area is 326 Å². The zero-order valence-electron chi connectivity index (χ0n) is 35.2. The molecular formula is C43H84NO8P. The Morgan fingerprint density at radius 1 is 0.566 bits per heavy atom. The summed E-state index contributed by atoms with van der Waals surface area (Å²) in [7, 11) is 1.17. The van der Waals surface area contributed by atoms with E-state index in [4.69, 9.17) is 18.5 Å². The van der Waals surface area contributed by atoms with Gasteiger partial charge in [0.1, 0.15) is 19.8 Å². The highest BCUT2D eigenvalue weighted by Gasteiger charge is 2.21. The number of likely N-dealkylation sites (N-methyl/N-ethyl adjacent to an activating group) is 1. The number of phosphoric ester groups is 1. The summed E-state index contributed by atoms with van der Waals surface area (Å²) < 4.78 is 33.9. The molecular weight excluding hydrogens is 689 g/mol. The van der Waals surface area contributed by atoms with E-state index in [1.54, 1.807) is 0 Å². The third kappa shape index (κ3) is 40.2. The van der Waals surface area contributed by atoms with Gasteiger partial charge in [0.15, 0.2) is 6.10 Å². The lowest BCUT2D eigenvalue weighted by atomic mass is 10.0. The first-order chi connectivity index (χ1) is 25.5. The Morgan fingerprint density at radius 3 is 1.45 bits per heavy atom. The molecule has 0 fully saturated rings. The van der Waals surface area contributed by atoms with Crippen molar-refractivity contribution in [2.75, 3.05) is 47.5 Å². The van der Waals surface area contributed by atoms with Crippen molar-refractivity contribution in [2.24, 2.45) is 0 Å². The minimum absolute atomic E-state index is 0.0279. The van der Waals surface area contributed by atoms with Gasteiger partial charge in [-0.3, -0.25) is 14.2 Å². The number of nitrogens with zero attached hydrogens (tertiary/aromatic N) is 1. The second-order valence-electron chi connectivity index (χ2n) is 16.1. The monoisotopic (exact) mass is 774 g/mol. The van der Waals surface area contributed by atoms with E-state index < -0.39 is 26.5 Å². The number of unbranched alkanes of at least 4 members (excludes halogenated alkanes) is 24. The lowest BCUT2D eigenvalue weighted by Crippen LogP contribution is -2.37. The van der Waals surface area contributed by atoms with Crippen LogP contribution in [0.3, 0.4) is 0 Å². The molecule has 0 saturated carbocycles. The number of quaternary nitrogens is 1. The van der Waals surface area contributed by atoms with Crippen molar-refractivity contribution in [2.45, 2.75) is 206 Å². The molecule has 0 spiro atoms. The van der Waals surface area contributed by atoms with Gasteiger partial charge in [-0.25, -0.2) is 0 Å². The Morgan fingerprint density at radius 2 is 0.981 bits per heavy atom. The fourth-order valence-corrected chi connectivity index (χ4v) is 6.78. The molecule has 0 radical (unpaired) electrons. The van der Waals surface area contributed by atoms with Gasteiger partial charge >= 0.3 is 11.9 Å². The maximum absolute atomic E-state index is 12.7. The summed E-state index contributed by atoms with van der Waals surface area (Å²) >= 11 is 0. The van der Waals surface area contributed by atoms with Crippen molar-refractivity contribution in [3.63, 3.8) is 0 Å². The van der Waals surface area contributed by atoms with Crippen molar-refractivity contribution < 1.29 is 42.1 Å². The highest BCUT2D eigenvalue weighted by Crippen LogP contribution is 2.38. The van der Waals surface area contributed by atoms with E-state index in [1.807, 2.05) is 21.1 Å². The van der Waals surface area contributed by atoms with Crippen LogP contribution in [0.4, 0.5) is 0 Å². The SMILES string of the molecule is CCCC/C=C/CCCCCCCCCCCC(=O)OC[C@H](COP(=O)([O-])OCC[N+](C)(C)C)OC(=O)CCCCCCCCCCCCCCCC. The summed E-state index contributed by atoms with van der Waals surface area (Å²) in [6, 6.07) is 0. The van der Waals surface area contributed by atoms with Crippen LogP contribution in [-0.4, -0.2) is 70.0 Å². The molecule has 0 aliphatic heterocycles. The molecule has 0 aromatic rings. The smallest absolute Gasteiger partial charge is 0.306 e. The Bertz CT molecular complexity index is 922. The Balaban J connectivity index is 4.33. The molecule has 10 heteroatoms. The quantitative estimate of drug-likeness (QED) is 0.0199. The molecule has 0 heterocycles. The molecule has 0 bridgehead atoms. The number of allylic oxidation sites excluding steroid dienone is 2. The topological polar surface area (TPSA) is 111 Å². The van der Waals surface area contributed by atoms with Crippen LogP contribution in [0.25, 0.3) is 0 Å². The second kappa shape index (κ2) is 36.4. The molecule has 314 valence electrons. The number of rotatable bonds is 40. The highest BCUT2D eigenvalue weighted by atomic mass is 31.2. The van der Waals surface area contributed by atoms with Crippen molar-refractivity contribution in [1.82, 2.24) is 0 Å². The molecule has 53 heavy (non-hydrogen) atoms. The van der Waals surface area contributed by atoms with Crippen molar-refractivity contribution >= 4 is 19.8 Å². The lowest BCUT2D eigenvalue weighted by molar-refractivity contribution is -0.870. The minimum Gasteiger partial charge on any atom is -0.756 e. The molecule has 0 rings (SSSR count). The number of hydrogen-bond donors (Lipinski definition) is 0. The number of esters is 2.